The molecule has 3 rings (SSSR count). The topological polar surface area (TPSA) is 68.2 Å². The Labute approximate surface area is 160 Å². The van der Waals surface area contributed by atoms with Crippen LogP contribution in [-0.4, -0.2) is 50.0 Å². The first-order chi connectivity index (χ1) is 12.1. The molecule has 0 amide bonds. The maximum atomic E-state index is 11.3. The number of aliphatic hydroxyl groups excluding tert-OH is 1. The molecule has 1 atom stereocenters. The van der Waals surface area contributed by atoms with Crippen molar-refractivity contribution in [3.8, 4) is 5.75 Å². The molecule has 26 heavy (non-hydrogen) atoms. The second kappa shape index (κ2) is 9.14. The number of benzene rings is 1. The van der Waals surface area contributed by atoms with E-state index in [0.29, 0.717) is 24.6 Å². The van der Waals surface area contributed by atoms with Gasteiger partial charge in [0.2, 0.25) is 0 Å². The maximum absolute atomic E-state index is 11.3. The predicted octanol–water partition coefficient (Wildman–Crippen LogP) is 3.48. The third-order valence-electron chi connectivity index (χ3n) is 4.99. The molecule has 1 N–H and O–H groups in total. The molecule has 1 aromatic carbocycles. The second-order valence-corrected chi connectivity index (χ2v) is 6.65. The van der Waals surface area contributed by atoms with Gasteiger partial charge in [0.25, 0.3) is 0 Å². The van der Waals surface area contributed by atoms with Crippen molar-refractivity contribution in [2.45, 2.75) is 25.7 Å². The van der Waals surface area contributed by atoms with Gasteiger partial charge in [0.05, 0.1) is 20.8 Å². The molecule has 0 saturated carbocycles. The fourth-order valence-electron chi connectivity index (χ4n) is 3.62. The molecule has 0 spiro atoms. The summed E-state index contributed by atoms with van der Waals surface area (Å²) in [5.41, 5.74) is 2.76. The summed E-state index contributed by atoms with van der Waals surface area (Å²) >= 11 is 0. The van der Waals surface area contributed by atoms with E-state index >= 15 is 0 Å². The zero-order valence-corrected chi connectivity index (χ0v) is 16.0. The van der Waals surface area contributed by atoms with Crippen LogP contribution in [0.15, 0.2) is 29.7 Å². The van der Waals surface area contributed by atoms with E-state index in [2.05, 4.69) is 21.8 Å². The highest BCUT2D eigenvalue weighted by molar-refractivity contribution is 5.85. The van der Waals surface area contributed by atoms with Crippen molar-refractivity contribution in [1.29, 1.82) is 0 Å². The minimum Gasteiger partial charge on any atom is -0.509 e. The summed E-state index contributed by atoms with van der Waals surface area (Å²) in [5.74, 6) is 1.88. The van der Waals surface area contributed by atoms with Gasteiger partial charge in [-0.2, -0.15) is 0 Å². The lowest BCUT2D eigenvalue weighted by Crippen LogP contribution is -2.38. The zero-order chi connectivity index (χ0) is 17.8. The molecule has 0 bridgehead atoms. The Hall–Kier alpha value is -1.92. The summed E-state index contributed by atoms with van der Waals surface area (Å²) in [6, 6.07) is 6.32. The molecule has 1 aliphatic heterocycles. The SMILES string of the molecule is COC(=O)OC1=C(O)CCN(CC2CCc3ccc(OC)cc3C2)C1.Cl. The van der Waals surface area contributed by atoms with Crippen LogP contribution in [0.25, 0.3) is 0 Å². The molecule has 1 heterocycles. The Bertz CT molecular complexity index is 676. The van der Waals surface area contributed by atoms with Crippen LogP contribution in [0.3, 0.4) is 0 Å². The highest BCUT2D eigenvalue weighted by Crippen LogP contribution is 2.30. The smallest absolute Gasteiger partial charge is 0.509 e. The van der Waals surface area contributed by atoms with Crippen LogP contribution >= 0.6 is 12.4 Å². The molecular formula is C19H26ClNO5. The van der Waals surface area contributed by atoms with E-state index in [0.717, 1.165) is 38.1 Å². The number of methoxy groups -OCH3 is 2. The molecule has 0 radical (unpaired) electrons. The van der Waals surface area contributed by atoms with Crippen LogP contribution in [-0.2, 0) is 22.3 Å². The number of rotatable bonds is 4. The normalized spacial score (nSPS) is 20.0. The molecule has 144 valence electrons. The number of aliphatic hydroxyl groups is 1. The van der Waals surface area contributed by atoms with Crippen molar-refractivity contribution in [3.05, 3.63) is 40.8 Å². The lowest BCUT2D eigenvalue weighted by Gasteiger charge is -2.33. The van der Waals surface area contributed by atoms with Crippen molar-refractivity contribution >= 4 is 18.6 Å². The molecule has 7 heteroatoms. The number of carbonyl (C=O) groups is 1. The van der Waals surface area contributed by atoms with Crippen molar-refractivity contribution in [2.75, 3.05) is 33.9 Å². The molecule has 1 aliphatic carbocycles. The second-order valence-electron chi connectivity index (χ2n) is 6.65. The number of fused-ring (bicyclic) bond motifs is 1. The summed E-state index contributed by atoms with van der Waals surface area (Å²) in [6.07, 6.45) is 2.93. The first-order valence-electron chi connectivity index (χ1n) is 8.64. The van der Waals surface area contributed by atoms with Crippen molar-refractivity contribution in [3.63, 3.8) is 0 Å². The predicted molar refractivity (Wildman–Crippen MR) is 100.0 cm³/mol. The van der Waals surface area contributed by atoms with Crippen LogP contribution in [0.1, 0.15) is 24.0 Å². The van der Waals surface area contributed by atoms with E-state index in [-0.39, 0.29) is 18.2 Å². The van der Waals surface area contributed by atoms with E-state index in [1.807, 2.05) is 6.07 Å². The fraction of sp³-hybridized carbons (Fsp3) is 0.526. The Balaban J connectivity index is 0.00000243. The fourth-order valence-corrected chi connectivity index (χ4v) is 3.62. The van der Waals surface area contributed by atoms with E-state index < -0.39 is 6.16 Å². The van der Waals surface area contributed by atoms with Crippen molar-refractivity contribution in [2.24, 2.45) is 5.92 Å². The first kappa shape index (κ1) is 20.4. The van der Waals surface area contributed by atoms with Gasteiger partial charge >= 0.3 is 6.16 Å². The number of ether oxygens (including phenoxy) is 3. The molecular weight excluding hydrogens is 358 g/mol. The standard InChI is InChI=1S/C19H25NO5.ClH/c1-23-16-6-5-14-4-3-13(9-15(14)10-16)11-20-8-7-17(21)18(12-20)25-19(22)24-2;/h5-6,10,13,21H,3-4,7-9,11-12H2,1-2H3;1H. The molecule has 2 aliphatic rings. The average molecular weight is 384 g/mol. The van der Waals surface area contributed by atoms with Gasteiger partial charge < -0.3 is 19.3 Å². The van der Waals surface area contributed by atoms with E-state index in [1.165, 1.54) is 18.2 Å². The molecule has 0 saturated heterocycles. The number of hydrogen-bond donors (Lipinski definition) is 1. The van der Waals surface area contributed by atoms with Gasteiger partial charge in [-0.25, -0.2) is 4.79 Å². The van der Waals surface area contributed by atoms with Gasteiger partial charge in [0.1, 0.15) is 11.5 Å². The van der Waals surface area contributed by atoms with E-state index in [4.69, 9.17) is 9.47 Å². The number of aryl methyl sites for hydroxylation is 1. The van der Waals surface area contributed by atoms with Gasteiger partial charge in [0, 0.05) is 19.5 Å². The van der Waals surface area contributed by atoms with Crippen LogP contribution in [0, 0.1) is 5.92 Å². The summed E-state index contributed by atoms with van der Waals surface area (Å²) in [7, 11) is 2.95. The molecule has 0 fully saturated rings. The number of halogens is 1. The Morgan fingerprint density at radius 2 is 2.08 bits per heavy atom. The summed E-state index contributed by atoms with van der Waals surface area (Å²) in [5, 5.41) is 9.93. The molecule has 1 unspecified atom stereocenters. The molecule has 6 nitrogen and oxygen atoms in total. The zero-order valence-electron chi connectivity index (χ0n) is 15.2. The van der Waals surface area contributed by atoms with Crippen LogP contribution < -0.4 is 4.74 Å². The van der Waals surface area contributed by atoms with E-state index in [9.17, 15) is 9.90 Å². The minimum absolute atomic E-state index is 0. The summed E-state index contributed by atoms with van der Waals surface area (Å²) in [6.45, 7) is 2.11. The number of hydrogen-bond acceptors (Lipinski definition) is 6. The number of carbonyl (C=O) groups excluding carboxylic acids is 1. The minimum atomic E-state index is -0.790. The van der Waals surface area contributed by atoms with Gasteiger partial charge in [0.15, 0.2) is 5.76 Å². The third kappa shape index (κ3) is 4.83. The van der Waals surface area contributed by atoms with Gasteiger partial charge in [-0.1, -0.05) is 6.07 Å². The molecule has 1 aromatic rings. The van der Waals surface area contributed by atoms with Gasteiger partial charge in [-0.3, -0.25) is 4.90 Å². The lowest BCUT2D eigenvalue weighted by atomic mass is 9.83. The average Bonchev–Trinajstić information content (AvgIpc) is 2.63. The third-order valence-corrected chi connectivity index (χ3v) is 4.99. The van der Waals surface area contributed by atoms with Gasteiger partial charge in [-0.15, -0.1) is 12.4 Å². The van der Waals surface area contributed by atoms with E-state index in [1.54, 1.807) is 7.11 Å². The highest BCUT2D eigenvalue weighted by atomic mass is 35.5. The first-order valence-corrected chi connectivity index (χ1v) is 8.64. The highest BCUT2D eigenvalue weighted by Gasteiger charge is 2.26. The van der Waals surface area contributed by atoms with Gasteiger partial charge in [-0.05, 0) is 48.4 Å². The monoisotopic (exact) mass is 383 g/mol. The van der Waals surface area contributed by atoms with Crippen LogP contribution in [0.5, 0.6) is 5.75 Å². The Morgan fingerprint density at radius 1 is 1.27 bits per heavy atom. The Morgan fingerprint density at radius 3 is 2.81 bits per heavy atom. The van der Waals surface area contributed by atoms with Crippen molar-refractivity contribution in [1.82, 2.24) is 4.90 Å². The summed E-state index contributed by atoms with van der Waals surface area (Å²) < 4.78 is 14.9. The maximum Gasteiger partial charge on any atom is 0.513 e. The quantitative estimate of drug-likeness (QED) is 0.803. The Kier molecular flexibility index (Phi) is 7.17. The van der Waals surface area contributed by atoms with Crippen molar-refractivity contribution < 1.29 is 24.1 Å². The lowest BCUT2D eigenvalue weighted by molar-refractivity contribution is 0.0765. The molecule has 0 aromatic heterocycles. The largest absolute Gasteiger partial charge is 0.513 e. The van der Waals surface area contributed by atoms with Crippen LogP contribution in [0.2, 0.25) is 0 Å². The summed E-state index contributed by atoms with van der Waals surface area (Å²) in [4.78, 5) is 13.5. The number of nitrogens with zero attached hydrogens (tertiary/aromatic N) is 1. The van der Waals surface area contributed by atoms with Crippen LogP contribution in [0.4, 0.5) is 4.79 Å².